The number of amides is 1. The minimum atomic E-state index is -0.578. The van der Waals surface area contributed by atoms with Gasteiger partial charge in [-0.25, -0.2) is 9.18 Å². The van der Waals surface area contributed by atoms with Gasteiger partial charge in [-0.3, -0.25) is 9.78 Å². The summed E-state index contributed by atoms with van der Waals surface area (Å²) >= 11 is 0. The van der Waals surface area contributed by atoms with E-state index in [0.717, 1.165) is 5.56 Å². The number of rotatable bonds is 2. The van der Waals surface area contributed by atoms with Crippen LogP contribution < -0.4 is 11.1 Å². The van der Waals surface area contributed by atoms with Crippen molar-refractivity contribution >= 4 is 22.7 Å². The summed E-state index contributed by atoms with van der Waals surface area (Å²) in [5.41, 5.74) is 1.98. The van der Waals surface area contributed by atoms with Crippen LogP contribution in [0.5, 0.6) is 0 Å². The molecule has 5 nitrogen and oxygen atoms in total. The zero-order chi connectivity index (χ0) is 15.0. The van der Waals surface area contributed by atoms with Gasteiger partial charge in [-0.05, 0) is 42.8 Å². The van der Waals surface area contributed by atoms with Gasteiger partial charge in [0.25, 0.3) is 5.91 Å². The molecule has 0 radical (unpaired) electrons. The van der Waals surface area contributed by atoms with Crippen molar-refractivity contribution in [2.45, 2.75) is 6.92 Å². The largest absolute Gasteiger partial charge is 0.417 e. The van der Waals surface area contributed by atoms with Gasteiger partial charge in [0.2, 0.25) is 0 Å². The summed E-state index contributed by atoms with van der Waals surface area (Å²) in [4.78, 5) is 25.6. The van der Waals surface area contributed by atoms with Crippen LogP contribution in [0, 0.1) is 12.7 Å². The van der Waals surface area contributed by atoms with Crippen molar-refractivity contribution in [3.05, 3.63) is 63.9 Å². The molecule has 106 valence electrons. The van der Waals surface area contributed by atoms with Crippen molar-refractivity contribution < 1.29 is 13.6 Å². The van der Waals surface area contributed by atoms with Crippen LogP contribution in [0.25, 0.3) is 11.1 Å². The molecule has 0 saturated carbocycles. The number of hydrogen-bond acceptors (Lipinski definition) is 3. The summed E-state index contributed by atoms with van der Waals surface area (Å²) in [7, 11) is 0. The van der Waals surface area contributed by atoms with E-state index >= 15 is 0 Å². The van der Waals surface area contributed by atoms with E-state index in [1.807, 2.05) is 0 Å². The molecule has 0 fully saturated rings. The summed E-state index contributed by atoms with van der Waals surface area (Å²) in [6.45, 7) is 1.74. The highest BCUT2D eigenvalue weighted by atomic mass is 19.1. The molecule has 1 amide bonds. The number of fused-ring (bicyclic) bond motifs is 1. The second-order valence-corrected chi connectivity index (χ2v) is 4.66. The molecule has 0 saturated heterocycles. The average molecular weight is 286 g/mol. The third-order valence-electron chi connectivity index (χ3n) is 3.05. The number of halogens is 1. The van der Waals surface area contributed by atoms with E-state index in [1.54, 1.807) is 31.2 Å². The molecule has 0 aliphatic carbocycles. The van der Waals surface area contributed by atoms with Crippen LogP contribution in [0.15, 0.2) is 45.6 Å². The molecule has 2 N–H and O–H groups in total. The Morgan fingerprint density at radius 1 is 1.24 bits per heavy atom. The zero-order valence-electron chi connectivity index (χ0n) is 11.1. The lowest BCUT2D eigenvalue weighted by molar-refractivity contribution is 0.102. The monoisotopic (exact) mass is 286 g/mol. The number of nitrogens with one attached hydrogen (secondary N) is 2. The molecule has 21 heavy (non-hydrogen) atoms. The van der Waals surface area contributed by atoms with Gasteiger partial charge in [-0.2, -0.15) is 0 Å². The maximum absolute atomic E-state index is 13.7. The fraction of sp³-hybridized carbons (Fsp3) is 0.0667. The number of aromatic amines is 1. The first-order chi connectivity index (χ1) is 10.0. The number of H-pyrrole nitrogens is 1. The second kappa shape index (κ2) is 4.90. The number of hydrogen-bond donors (Lipinski definition) is 2. The second-order valence-electron chi connectivity index (χ2n) is 4.66. The molecule has 3 aromatic rings. The topological polar surface area (TPSA) is 75.1 Å². The number of aryl methyl sites for hydroxylation is 1. The number of anilines is 1. The molecular weight excluding hydrogens is 275 g/mol. The molecule has 0 unspecified atom stereocenters. The predicted molar refractivity (Wildman–Crippen MR) is 75.9 cm³/mol. The average Bonchev–Trinajstić information content (AvgIpc) is 2.77. The number of carbonyl (C=O) groups is 1. The van der Waals surface area contributed by atoms with Crippen LogP contribution in [-0.2, 0) is 0 Å². The van der Waals surface area contributed by atoms with Gasteiger partial charge in [0, 0.05) is 5.69 Å². The van der Waals surface area contributed by atoms with Gasteiger partial charge in [-0.1, -0.05) is 6.07 Å². The number of benzene rings is 2. The Morgan fingerprint density at radius 3 is 2.81 bits per heavy atom. The van der Waals surface area contributed by atoms with Crippen molar-refractivity contribution in [2.24, 2.45) is 0 Å². The number of carbonyl (C=O) groups excluding carboxylic acids is 1. The van der Waals surface area contributed by atoms with Crippen molar-refractivity contribution in [3.63, 3.8) is 0 Å². The Balaban J connectivity index is 1.90. The third-order valence-corrected chi connectivity index (χ3v) is 3.05. The van der Waals surface area contributed by atoms with Gasteiger partial charge in [0.15, 0.2) is 5.58 Å². The van der Waals surface area contributed by atoms with E-state index in [1.165, 1.54) is 12.1 Å². The predicted octanol–water partition coefficient (Wildman–Crippen LogP) is 2.82. The Labute approximate surface area is 118 Å². The molecule has 2 aromatic carbocycles. The summed E-state index contributed by atoms with van der Waals surface area (Å²) in [6, 6.07) is 9.06. The van der Waals surface area contributed by atoms with Crippen LogP contribution >= 0.6 is 0 Å². The highest BCUT2D eigenvalue weighted by Gasteiger charge is 2.12. The summed E-state index contributed by atoms with van der Waals surface area (Å²) in [5, 5.41) is 2.58. The lowest BCUT2D eigenvalue weighted by Crippen LogP contribution is -2.13. The maximum Gasteiger partial charge on any atom is 0.417 e. The maximum atomic E-state index is 13.7. The Hall–Kier alpha value is -2.89. The summed E-state index contributed by atoms with van der Waals surface area (Å²) in [6.07, 6.45) is 0. The molecular formula is C15H11FN2O3. The first-order valence-electron chi connectivity index (χ1n) is 6.23. The van der Waals surface area contributed by atoms with Crippen LogP contribution in [0.4, 0.5) is 10.1 Å². The number of aromatic nitrogens is 1. The molecule has 0 aliphatic heterocycles. The Bertz CT molecular complexity index is 895. The van der Waals surface area contributed by atoms with Gasteiger partial charge in [0.05, 0.1) is 11.1 Å². The Kier molecular flexibility index (Phi) is 3.06. The summed E-state index contributed by atoms with van der Waals surface area (Å²) in [5.74, 6) is -1.71. The minimum Gasteiger partial charge on any atom is -0.408 e. The lowest BCUT2D eigenvalue weighted by atomic mass is 10.1. The van der Waals surface area contributed by atoms with Crippen LogP contribution in [-0.4, -0.2) is 10.9 Å². The highest BCUT2D eigenvalue weighted by Crippen LogP contribution is 2.18. The number of oxazole rings is 1. The quantitative estimate of drug-likeness (QED) is 0.760. The molecule has 1 aromatic heterocycles. The van der Waals surface area contributed by atoms with Gasteiger partial charge in [0.1, 0.15) is 5.82 Å². The van der Waals surface area contributed by atoms with Crippen LogP contribution in [0.3, 0.4) is 0 Å². The highest BCUT2D eigenvalue weighted by molar-refractivity contribution is 6.05. The van der Waals surface area contributed by atoms with Crippen LogP contribution in [0.2, 0.25) is 0 Å². The van der Waals surface area contributed by atoms with Crippen molar-refractivity contribution in [1.29, 1.82) is 0 Å². The smallest absolute Gasteiger partial charge is 0.408 e. The van der Waals surface area contributed by atoms with Gasteiger partial charge >= 0.3 is 5.76 Å². The van der Waals surface area contributed by atoms with E-state index in [0.29, 0.717) is 16.8 Å². The zero-order valence-corrected chi connectivity index (χ0v) is 11.1. The standard InChI is InChI=1S/C15H11FN2O3/c1-8-2-4-10(11(16)6-8)14(19)17-9-3-5-13-12(7-9)18-15(20)21-13/h2-7H,1H3,(H,17,19)(H,18,20). The molecule has 1 heterocycles. The molecule has 3 rings (SSSR count). The molecule has 0 aliphatic rings. The molecule has 0 atom stereocenters. The van der Waals surface area contributed by atoms with E-state index in [2.05, 4.69) is 10.3 Å². The molecule has 0 bridgehead atoms. The Morgan fingerprint density at radius 2 is 2.05 bits per heavy atom. The van der Waals surface area contributed by atoms with Gasteiger partial charge in [-0.15, -0.1) is 0 Å². The fourth-order valence-corrected chi connectivity index (χ4v) is 2.03. The first-order valence-corrected chi connectivity index (χ1v) is 6.23. The van der Waals surface area contributed by atoms with E-state index in [9.17, 15) is 14.0 Å². The normalized spacial score (nSPS) is 10.8. The van der Waals surface area contributed by atoms with Crippen molar-refractivity contribution in [1.82, 2.24) is 4.98 Å². The van der Waals surface area contributed by atoms with E-state index < -0.39 is 17.5 Å². The van der Waals surface area contributed by atoms with Crippen molar-refractivity contribution in [2.75, 3.05) is 5.32 Å². The molecule has 6 heteroatoms. The lowest BCUT2D eigenvalue weighted by Gasteiger charge is -2.06. The third kappa shape index (κ3) is 2.55. The van der Waals surface area contributed by atoms with Crippen LogP contribution in [0.1, 0.15) is 15.9 Å². The van der Waals surface area contributed by atoms with E-state index in [-0.39, 0.29) is 5.56 Å². The molecule has 0 spiro atoms. The first kappa shape index (κ1) is 13.1. The van der Waals surface area contributed by atoms with Crippen molar-refractivity contribution in [3.8, 4) is 0 Å². The van der Waals surface area contributed by atoms with E-state index in [4.69, 9.17) is 4.42 Å². The summed E-state index contributed by atoms with van der Waals surface area (Å²) < 4.78 is 18.6. The SMILES string of the molecule is Cc1ccc(C(=O)Nc2ccc3oc(=O)[nH]c3c2)c(F)c1. The van der Waals surface area contributed by atoms with Gasteiger partial charge < -0.3 is 9.73 Å². The fourth-order valence-electron chi connectivity index (χ4n) is 2.03. The minimum absolute atomic E-state index is 0.0404.